The molecule has 2 rings (SSSR count). The topological polar surface area (TPSA) is 133 Å². The van der Waals surface area contributed by atoms with Crippen LogP contribution < -0.4 is 16.4 Å². The summed E-state index contributed by atoms with van der Waals surface area (Å²) in [5, 5.41) is 5.18. The van der Waals surface area contributed by atoms with Gasteiger partial charge in [-0.25, -0.2) is 4.79 Å². The highest BCUT2D eigenvalue weighted by molar-refractivity contribution is 5.99. The quantitative estimate of drug-likeness (QED) is 0.372. The number of aromatic nitrogens is 1. The van der Waals surface area contributed by atoms with E-state index in [0.29, 0.717) is 23.2 Å². The molecule has 0 spiro atoms. The Morgan fingerprint density at radius 2 is 1.70 bits per heavy atom. The van der Waals surface area contributed by atoms with E-state index in [9.17, 15) is 19.2 Å². The summed E-state index contributed by atoms with van der Waals surface area (Å²) in [6.07, 6.45) is 3.01. The molecular formula is C24H30N4O5. The van der Waals surface area contributed by atoms with Crippen LogP contribution in [-0.2, 0) is 27.4 Å². The second-order valence-electron chi connectivity index (χ2n) is 7.32. The van der Waals surface area contributed by atoms with Crippen molar-refractivity contribution in [1.82, 2.24) is 15.2 Å². The van der Waals surface area contributed by atoms with E-state index < -0.39 is 17.8 Å². The molecule has 2 aromatic rings. The molecule has 0 radical (unpaired) electrons. The van der Waals surface area contributed by atoms with Crippen molar-refractivity contribution in [1.29, 1.82) is 0 Å². The molecule has 4 N–H and O–H groups in total. The Morgan fingerprint density at radius 3 is 2.27 bits per heavy atom. The van der Waals surface area contributed by atoms with E-state index in [0.717, 1.165) is 17.0 Å². The van der Waals surface area contributed by atoms with Crippen molar-refractivity contribution in [3.8, 4) is 0 Å². The smallest absolute Gasteiger partial charge is 0.340 e. The Balaban J connectivity index is 2.05. The molecule has 0 aliphatic heterocycles. The van der Waals surface area contributed by atoms with Gasteiger partial charge in [-0.05, 0) is 51.5 Å². The van der Waals surface area contributed by atoms with E-state index in [1.54, 1.807) is 37.3 Å². The van der Waals surface area contributed by atoms with Gasteiger partial charge < -0.3 is 25.7 Å². The number of rotatable bonds is 10. The molecule has 0 atom stereocenters. The molecule has 0 aliphatic rings. The summed E-state index contributed by atoms with van der Waals surface area (Å²) in [5.74, 6) is -1.77. The molecule has 1 heterocycles. The van der Waals surface area contributed by atoms with Crippen LogP contribution in [0.5, 0.6) is 0 Å². The first-order chi connectivity index (χ1) is 15.7. The van der Waals surface area contributed by atoms with Crippen LogP contribution in [0.4, 0.5) is 0 Å². The molecule has 3 amide bonds. The van der Waals surface area contributed by atoms with Gasteiger partial charge in [-0.2, -0.15) is 0 Å². The second-order valence-corrected chi connectivity index (χ2v) is 7.32. The number of hydrogen-bond acceptors (Lipinski definition) is 5. The summed E-state index contributed by atoms with van der Waals surface area (Å²) < 4.78 is 7.19. The van der Waals surface area contributed by atoms with Gasteiger partial charge in [-0.1, -0.05) is 12.1 Å². The number of nitrogens with two attached hydrogens (primary N) is 1. The average Bonchev–Trinajstić information content (AvgIpc) is 3.03. The van der Waals surface area contributed by atoms with E-state index in [2.05, 4.69) is 10.6 Å². The SMILES string of the molecule is CCOC(=O)c1c(/C=C/C(=O)NCc2ccc(C(=O)NCC(N)=O)cc2)c(C)n(CC)c1C. The Labute approximate surface area is 193 Å². The number of hydrogen-bond donors (Lipinski definition) is 3. The Kier molecular flexibility index (Phi) is 8.97. The van der Waals surface area contributed by atoms with Crippen LogP contribution in [0.15, 0.2) is 30.3 Å². The van der Waals surface area contributed by atoms with E-state index in [4.69, 9.17) is 10.5 Å². The zero-order valence-electron chi connectivity index (χ0n) is 19.4. The van der Waals surface area contributed by atoms with E-state index in [-0.39, 0.29) is 25.6 Å². The first-order valence-electron chi connectivity index (χ1n) is 10.7. The summed E-state index contributed by atoms with van der Waals surface area (Å²) >= 11 is 0. The number of nitrogens with one attached hydrogen (secondary N) is 2. The third kappa shape index (κ3) is 6.55. The lowest BCUT2D eigenvalue weighted by atomic mass is 10.1. The molecule has 176 valence electrons. The van der Waals surface area contributed by atoms with Crippen LogP contribution in [0, 0.1) is 13.8 Å². The van der Waals surface area contributed by atoms with Crippen LogP contribution in [-0.4, -0.2) is 41.4 Å². The molecule has 0 bridgehead atoms. The maximum absolute atomic E-state index is 12.5. The molecule has 0 saturated carbocycles. The molecule has 1 aromatic heterocycles. The predicted molar refractivity (Wildman–Crippen MR) is 124 cm³/mol. The van der Waals surface area contributed by atoms with Gasteiger partial charge in [0.15, 0.2) is 0 Å². The van der Waals surface area contributed by atoms with Crippen LogP contribution in [0.25, 0.3) is 6.08 Å². The fraction of sp³-hybridized carbons (Fsp3) is 0.333. The van der Waals surface area contributed by atoms with Crippen LogP contribution in [0.1, 0.15) is 57.1 Å². The Hall–Kier alpha value is -3.88. The van der Waals surface area contributed by atoms with Crippen molar-refractivity contribution in [2.75, 3.05) is 13.2 Å². The summed E-state index contributed by atoms with van der Waals surface area (Å²) in [6.45, 7) is 8.48. The molecule has 0 unspecified atom stereocenters. The molecule has 9 heteroatoms. The number of esters is 1. The van der Waals surface area contributed by atoms with E-state index in [1.165, 1.54) is 6.08 Å². The van der Waals surface area contributed by atoms with Gasteiger partial charge in [-0.15, -0.1) is 0 Å². The first-order valence-corrected chi connectivity index (χ1v) is 10.7. The number of carbonyl (C=O) groups excluding carboxylic acids is 4. The van der Waals surface area contributed by atoms with E-state index >= 15 is 0 Å². The maximum atomic E-state index is 12.5. The van der Waals surface area contributed by atoms with Crippen LogP contribution in [0.2, 0.25) is 0 Å². The molecule has 0 fully saturated rings. The molecular weight excluding hydrogens is 424 g/mol. The molecule has 9 nitrogen and oxygen atoms in total. The lowest BCUT2D eigenvalue weighted by molar-refractivity contribution is -0.117. The maximum Gasteiger partial charge on any atom is 0.340 e. The Morgan fingerprint density at radius 1 is 1.03 bits per heavy atom. The largest absolute Gasteiger partial charge is 0.462 e. The highest BCUT2D eigenvalue weighted by atomic mass is 16.5. The lowest BCUT2D eigenvalue weighted by Crippen LogP contribution is -2.33. The standard InChI is InChI=1S/C24H30N4O5/c1-5-28-15(3)19(22(16(28)4)24(32)33-6-2)11-12-21(30)26-13-17-7-9-18(10-8-17)23(31)27-14-20(25)29/h7-12H,5-6,13-14H2,1-4H3,(H2,25,29)(H,26,30)(H,27,31)/b12-11+. The third-order valence-electron chi connectivity index (χ3n) is 5.13. The zero-order valence-corrected chi connectivity index (χ0v) is 19.4. The summed E-state index contributed by atoms with van der Waals surface area (Å²) in [4.78, 5) is 47.5. The third-order valence-corrected chi connectivity index (χ3v) is 5.13. The highest BCUT2D eigenvalue weighted by Gasteiger charge is 2.22. The fourth-order valence-corrected chi connectivity index (χ4v) is 3.50. The molecule has 33 heavy (non-hydrogen) atoms. The minimum Gasteiger partial charge on any atom is -0.462 e. The van der Waals surface area contributed by atoms with Gasteiger partial charge in [-0.3, -0.25) is 14.4 Å². The van der Waals surface area contributed by atoms with Gasteiger partial charge >= 0.3 is 5.97 Å². The highest BCUT2D eigenvalue weighted by Crippen LogP contribution is 2.25. The van der Waals surface area contributed by atoms with Crippen LogP contribution >= 0.6 is 0 Å². The van der Waals surface area contributed by atoms with Crippen molar-refractivity contribution < 1.29 is 23.9 Å². The lowest BCUT2D eigenvalue weighted by Gasteiger charge is -2.06. The van der Waals surface area contributed by atoms with Gasteiger partial charge in [0.05, 0.1) is 18.7 Å². The average molecular weight is 455 g/mol. The monoisotopic (exact) mass is 454 g/mol. The van der Waals surface area contributed by atoms with Gasteiger partial charge in [0.25, 0.3) is 5.91 Å². The van der Waals surface area contributed by atoms with E-state index in [1.807, 2.05) is 25.3 Å². The van der Waals surface area contributed by atoms with Crippen LogP contribution in [0.3, 0.4) is 0 Å². The van der Waals surface area contributed by atoms with Crippen molar-refractivity contribution in [2.45, 2.75) is 40.8 Å². The number of primary amides is 1. The normalized spacial score (nSPS) is 10.8. The van der Waals surface area contributed by atoms with Crippen molar-refractivity contribution in [2.24, 2.45) is 5.73 Å². The molecule has 0 aliphatic carbocycles. The Bertz CT molecular complexity index is 1070. The minimum atomic E-state index is -0.623. The minimum absolute atomic E-state index is 0.235. The van der Waals surface area contributed by atoms with Gasteiger partial charge in [0.2, 0.25) is 11.8 Å². The zero-order chi connectivity index (χ0) is 24.5. The van der Waals surface area contributed by atoms with Gasteiger partial charge in [0, 0.05) is 41.7 Å². The number of benzene rings is 1. The molecule has 1 aromatic carbocycles. The fourth-order valence-electron chi connectivity index (χ4n) is 3.50. The number of amides is 3. The number of nitrogens with zero attached hydrogens (tertiary/aromatic N) is 1. The number of ether oxygens (including phenoxy) is 1. The second kappa shape index (κ2) is 11.7. The summed E-state index contributed by atoms with van der Waals surface area (Å²) in [7, 11) is 0. The summed E-state index contributed by atoms with van der Waals surface area (Å²) in [6, 6.07) is 6.60. The van der Waals surface area contributed by atoms with Crippen molar-refractivity contribution in [3.05, 3.63) is 64.0 Å². The number of carbonyl (C=O) groups is 4. The van der Waals surface area contributed by atoms with Gasteiger partial charge in [0.1, 0.15) is 0 Å². The predicted octanol–water partition coefficient (Wildman–Crippen LogP) is 1.85. The molecule has 0 saturated heterocycles. The first kappa shape index (κ1) is 25.4. The summed E-state index contributed by atoms with van der Waals surface area (Å²) in [5.41, 5.74) is 8.99. The van der Waals surface area contributed by atoms with Crippen molar-refractivity contribution >= 4 is 29.8 Å². The van der Waals surface area contributed by atoms with Crippen molar-refractivity contribution in [3.63, 3.8) is 0 Å².